The van der Waals surface area contributed by atoms with Gasteiger partial charge in [0.1, 0.15) is 17.3 Å². The van der Waals surface area contributed by atoms with Gasteiger partial charge in [-0.25, -0.2) is 15.0 Å². The molecule has 17 heavy (non-hydrogen) atoms. The standard InChI is InChI=1S/C11H14ClN5/c1-16-2-4-17(5-3-16)9-6-8-10(12)13-7-14-11(8)15-9/h7H,2-6H2,1H3. The molecule has 1 fully saturated rings. The van der Waals surface area contributed by atoms with Gasteiger partial charge >= 0.3 is 0 Å². The molecule has 0 aliphatic carbocycles. The van der Waals surface area contributed by atoms with E-state index in [9.17, 15) is 0 Å². The van der Waals surface area contributed by atoms with Crippen molar-refractivity contribution in [2.45, 2.75) is 6.42 Å². The fraction of sp³-hybridized carbons (Fsp3) is 0.545. The number of nitrogens with zero attached hydrogens (tertiary/aromatic N) is 5. The van der Waals surface area contributed by atoms with E-state index in [4.69, 9.17) is 11.6 Å². The van der Waals surface area contributed by atoms with Gasteiger partial charge in [-0.15, -0.1) is 0 Å². The van der Waals surface area contributed by atoms with E-state index in [-0.39, 0.29) is 0 Å². The first kappa shape index (κ1) is 10.9. The Balaban J connectivity index is 1.79. The molecule has 90 valence electrons. The van der Waals surface area contributed by atoms with Gasteiger partial charge in [0.15, 0.2) is 5.82 Å². The maximum absolute atomic E-state index is 6.05. The molecule has 0 unspecified atom stereocenters. The average Bonchev–Trinajstić information content (AvgIpc) is 2.75. The summed E-state index contributed by atoms with van der Waals surface area (Å²) < 4.78 is 0. The Morgan fingerprint density at radius 2 is 1.94 bits per heavy atom. The molecule has 0 radical (unpaired) electrons. The molecule has 1 aromatic heterocycles. The van der Waals surface area contributed by atoms with E-state index >= 15 is 0 Å². The van der Waals surface area contributed by atoms with Gasteiger partial charge in [-0.1, -0.05) is 11.6 Å². The molecule has 0 N–H and O–H groups in total. The zero-order chi connectivity index (χ0) is 11.8. The van der Waals surface area contributed by atoms with Crippen molar-refractivity contribution in [2.75, 3.05) is 33.2 Å². The third kappa shape index (κ3) is 2.00. The van der Waals surface area contributed by atoms with Crippen LogP contribution >= 0.6 is 11.6 Å². The van der Waals surface area contributed by atoms with Crippen LogP contribution in [-0.4, -0.2) is 58.8 Å². The summed E-state index contributed by atoms with van der Waals surface area (Å²) in [6, 6.07) is 0. The second-order valence-corrected chi connectivity index (χ2v) is 4.82. The first-order chi connectivity index (χ1) is 8.24. The lowest BCUT2D eigenvalue weighted by Gasteiger charge is -2.33. The molecule has 0 spiro atoms. The first-order valence-corrected chi connectivity index (χ1v) is 6.12. The van der Waals surface area contributed by atoms with E-state index in [1.165, 1.54) is 6.33 Å². The number of piperazine rings is 1. The van der Waals surface area contributed by atoms with Crippen LogP contribution in [0.2, 0.25) is 5.15 Å². The number of aromatic nitrogens is 2. The van der Waals surface area contributed by atoms with Crippen molar-refractivity contribution < 1.29 is 0 Å². The molecule has 0 amide bonds. The van der Waals surface area contributed by atoms with Gasteiger partial charge in [0.25, 0.3) is 0 Å². The SMILES string of the molecule is CN1CCN(C2=Nc3ncnc(Cl)c3C2)CC1. The largest absolute Gasteiger partial charge is 0.357 e. The third-order valence-corrected chi connectivity index (χ3v) is 3.63. The van der Waals surface area contributed by atoms with Crippen LogP contribution in [0.5, 0.6) is 0 Å². The minimum atomic E-state index is 0.530. The van der Waals surface area contributed by atoms with Gasteiger partial charge in [-0.2, -0.15) is 0 Å². The van der Waals surface area contributed by atoms with Crippen LogP contribution in [0.1, 0.15) is 5.56 Å². The van der Waals surface area contributed by atoms with Gasteiger partial charge in [-0.05, 0) is 7.05 Å². The highest BCUT2D eigenvalue weighted by atomic mass is 35.5. The Labute approximate surface area is 105 Å². The summed E-state index contributed by atoms with van der Waals surface area (Å²) in [6.07, 6.45) is 2.23. The van der Waals surface area contributed by atoms with Crippen LogP contribution in [0.25, 0.3) is 0 Å². The lowest BCUT2D eigenvalue weighted by molar-refractivity contribution is 0.214. The van der Waals surface area contributed by atoms with E-state index in [0.717, 1.165) is 49.8 Å². The van der Waals surface area contributed by atoms with Crippen LogP contribution in [0.3, 0.4) is 0 Å². The predicted molar refractivity (Wildman–Crippen MR) is 66.9 cm³/mol. The molecule has 1 saturated heterocycles. The number of fused-ring (bicyclic) bond motifs is 1. The number of aliphatic imine (C=N–C) groups is 1. The molecular weight excluding hydrogens is 238 g/mol. The highest BCUT2D eigenvalue weighted by molar-refractivity contribution is 6.30. The van der Waals surface area contributed by atoms with E-state index in [1.54, 1.807) is 0 Å². The zero-order valence-corrected chi connectivity index (χ0v) is 10.5. The fourth-order valence-corrected chi connectivity index (χ4v) is 2.39. The summed E-state index contributed by atoms with van der Waals surface area (Å²) in [5.41, 5.74) is 0.961. The fourth-order valence-electron chi connectivity index (χ4n) is 2.20. The summed E-state index contributed by atoms with van der Waals surface area (Å²) in [7, 11) is 2.14. The van der Waals surface area contributed by atoms with Crippen molar-refractivity contribution in [3.63, 3.8) is 0 Å². The minimum absolute atomic E-state index is 0.530. The smallest absolute Gasteiger partial charge is 0.162 e. The Kier molecular flexibility index (Phi) is 2.72. The monoisotopic (exact) mass is 251 g/mol. The Morgan fingerprint density at radius 3 is 2.65 bits per heavy atom. The minimum Gasteiger partial charge on any atom is -0.357 e. The third-order valence-electron chi connectivity index (χ3n) is 3.31. The van der Waals surface area contributed by atoms with Crippen molar-refractivity contribution in [1.82, 2.24) is 19.8 Å². The zero-order valence-electron chi connectivity index (χ0n) is 9.73. The van der Waals surface area contributed by atoms with Crippen LogP contribution in [0.4, 0.5) is 5.82 Å². The second-order valence-electron chi connectivity index (χ2n) is 4.46. The maximum Gasteiger partial charge on any atom is 0.162 e. The normalized spacial score (nSPS) is 20.4. The highest BCUT2D eigenvalue weighted by Gasteiger charge is 2.25. The Bertz CT molecular complexity index is 465. The van der Waals surface area contributed by atoms with E-state index in [2.05, 4.69) is 31.8 Å². The lowest BCUT2D eigenvalue weighted by Crippen LogP contribution is -2.47. The van der Waals surface area contributed by atoms with Crippen LogP contribution in [0, 0.1) is 0 Å². The number of rotatable bonds is 0. The Morgan fingerprint density at radius 1 is 1.18 bits per heavy atom. The molecular formula is C11H14ClN5. The number of amidine groups is 1. The molecule has 6 heteroatoms. The number of hydrogen-bond acceptors (Lipinski definition) is 5. The predicted octanol–water partition coefficient (Wildman–Crippen LogP) is 0.963. The van der Waals surface area contributed by atoms with Gasteiger partial charge in [0.05, 0.1) is 0 Å². The molecule has 0 aromatic carbocycles. The van der Waals surface area contributed by atoms with Crippen LogP contribution in [0.15, 0.2) is 11.3 Å². The summed E-state index contributed by atoms with van der Waals surface area (Å²) in [4.78, 5) is 17.3. The first-order valence-electron chi connectivity index (χ1n) is 5.74. The van der Waals surface area contributed by atoms with Gasteiger partial charge in [0, 0.05) is 38.2 Å². The van der Waals surface area contributed by atoms with Gasteiger partial charge in [-0.3, -0.25) is 0 Å². The van der Waals surface area contributed by atoms with Crippen LogP contribution in [-0.2, 0) is 6.42 Å². The topological polar surface area (TPSA) is 44.6 Å². The number of hydrogen-bond donors (Lipinski definition) is 0. The molecule has 0 bridgehead atoms. The van der Waals surface area contributed by atoms with Crippen molar-refractivity contribution in [2.24, 2.45) is 4.99 Å². The van der Waals surface area contributed by atoms with Crippen molar-refractivity contribution in [3.8, 4) is 0 Å². The quantitative estimate of drug-likeness (QED) is 0.645. The summed E-state index contributed by atoms with van der Waals surface area (Å²) in [6.45, 7) is 4.20. The molecule has 5 nitrogen and oxygen atoms in total. The van der Waals surface area contributed by atoms with Crippen molar-refractivity contribution >= 4 is 23.3 Å². The number of likely N-dealkylation sites (N-methyl/N-ethyl adjacent to an activating group) is 1. The van der Waals surface area contributed by atoms with E-state index < -0.39 is 0 Å². The second kappa shape index (κ2) is 4.23. The van der Waals surface area contributed by atoms with Crippen molar-refractivity contribution in [1.29, 1.82) is 0 Å². The molecule has 2 aliphatic heterocycles. The molecule has 3 heterocycles. The number of halogens is 1. The Hall–Kier alpha value is -1.20. The summed E-state index contributed by atoms with van der Waals surface area (Å²) in [5, 5.41) is 0.530. The molecule has 3 rings (SSSR count). The van der Waals surface area contributed by atoms with E-state index in [0.29, 0.717) is 5.15 Å². The maximum atomic E-state index is 6.05. The summed E-state index contributed by atoms with van der Waals surface area (Å²) in [5.74, 6) is 1.81. The molecule has 2 aliphatic rings. The average molecular weight is 252 g/mol. The van der Waals surface area contributed by atoms with Crippen LogP contribution < -0.4 is 0 Å². The summed E-state index contributed by atoms with van der Waals surface area (Å²) >= 11 is 6.05. The molecule has 1 aromatic rings. The lowest BCUT2D eigenvalue weighted by atomic mass is 10.2. The highest BCUT2D eigenvalue weighted by Crippen LogP contribution is 2.29. The van der Waals surface area contributed by atoms with Gasteiger partial charge in [0.2, 0.25) is 0 Å². The van der Waals surface area contributed by atoms with Gasteiger partial charge < -0.3 is 9.80 Å². The van der Waals surface area contributed by atoms with E-state index in [1.807, 2.05) is 0 Å². The molecule has 0 saturated carbocycles. The molecule has 0 atom stereocenters. The van der Waals surface area contributed by atoms with Crippen molar-refractivity contribution in [3.05, 3.63) is 17.0 Å².